The van der Waals surface area contributed by atoms with E-state index in [4.69, 9.17) is 0 Å². The van der Waals surface area contributed by atoms with E-state index in [1.54, 1.807) is 18.9 Å². The summed E-state index contributed by atoms with van der Waals surface area (Å²) < 4.78 is 36.6. The zero-order chi connectivity index (χ0) is 12.5. The molecule has 1 unspecified atom stereocenters. The first-order valence-corrected chi connectivity index (χ1v) is 4.83. The van der Waals surface area contributed by atoms with E-state index in [1.807, 2.05) is 6.92 Å². The van der Waals surface area contributed by atoms with Crippen molar-refractivity contribution in [3.63, 3.8) is 0 Å². The summed E-state index contributed by atoms with van der Waals surface area (Å²) in [5.74, 6) is 0.776. The first-order chi connectivity index (χ1) is 7.23. The monoisotopic (exact) mass is 233 g/mol. The molecule has 0 fully saturated rings. The number of hydrogen-bond donors (Lipinski definition) is 0. The molecule has 0 aromatic rings. The largest absolute Gasteiger partial charge is 0.429 e. The van der Waals surface area contributed by atoms with E-state index < -0.39 is 11.9 Å². The molecular weight excluding hydrogens is 219 g/mol. The number of alkyl halides is 3. The predicted octanol–water partition coefficient (Wildman–Crippen LogP) is 2.60. The number of likely N-dealkylation sites (N-methyl/N-ethyl adjacent to an activating group) is 1. The summed E-state index contributed by atoms with van der Waals surface area (Å²) >= 11 is 0. The van der Waals surface area contributed by atoms with Crippen molar-refractivity contribution >= 4 is 11.5 Å². The minimum atomic E-state index is -4.37. The second kappa shape index (κ2) is 4.27. The first kappa shape index (κ1) is 12.7. The summed E-state index contributed by atoms with van der Waals surface area (Å²) in [6.07, 6.45) is -3.14. The molecular formula is C10H14F3N3. The van der Waals surface area contributed by atoms with Gasteiger partial charge < -0.3 is 4.90 Å². The predicted molar refractivity (Wildman–Crippen MR) is 57.6 cm³/mol. The fourth-order valence-corrected chi connectivity index (χ4v) is 1.33. The van der Waals surface area contributed by atoms with Gasteiger partial charge in [-0.15, -0.1) is 0 Å². The molecule has 1 rings (SSSR count). The van der Waals surface area contributed by atoms with E-state index in [9.17, 15) is 13.2 Å². The molecule has 1 aliphatic rings. The van der Waals surface area contributed by atoms with E-state index in [0.717, 1.165) is 12.8 Å². The zero-order valence-electron chi connectivity index (χ0n) is 9.63. The molecule has 90 valence electrons. The van der Waals surface area contributed by atoms with Crippen LogP contribution in [0.3, 0.4) is 0 Å². The van der Waals surface area contributed by atoms with Crippen molar-refractivity contribution in [3.05, 3.63) is 11.9 Å². The van der Waals surface area contributed by atoms with Gasteiger partial charge in [-0.05, 0) is 20.8 Å². The van der Waals surface area contributed by atoms with E-state index in [-0.39, 0.29) is 6.04 Å². The molecule has 0 bridgehead atoms. The summed E-state index contributed by atoms with van der Waals surface area (Å²) in [7, 11) is 1.76. The molecule has 16 heavy (non-hydrogen) atoms. The first-order valence-electron chi connectivity index (χ1n) is 4.83. The van der Waals surface area contributed by atoms with Crippen LogP contribution in [0.4, 0.5) is 13.2 Å². The summed E-state index contributed by atoms with van der Waals surface area (Å²) in [6.45, 7) is 4.57. The Morgan fingerprint density at radius 1 is 1.50 bits per heavy atom. The molecule has 0 spiro atoms. The average molecular weight is 233 g/mol. The van der Waals surface area contributed by atoms with Crippen molar-refractivity contribution in [2.45, 2.75) is 33.0 Å². The molecule has 6 heteroatoms. The maximum Gasteiger partial charge on any atom is 0.429 e. The fraction of sp³-hybridized carbons (Fsp3) is 0.600. The van der Waals surface area contributed by atoms with Gasteiger partial charge >= 0.3 is 6.18 Å². The lowest BCUT2D eigenvalue weighted by Gasteiger charge is -2.14. The van der Waals surface area contributed by atoms with Crippen LogP contribution in [-0.4, -0.2) is 35.7 Å². The highest BCUT2D eigenvalue weighted by Crippen LogP contribution is 2.21. The van der Waals surface area contributed by atoms with Crippen LogP contribution in [0.25, 0.3) is 0 Å². The maximum atomic E-state index is 12.2. The molecule has 0 N–H and O–H groups in total. The van der Waals surface area contributed by atoms with Crippen LogP contribution in [0.1, 0.15) is 20.8 Å². The van der Waals surface area contributed by atoms with Crippen LogP contribution in [0, 0.1) is 0 Å². The molecule has 0 saturated carbocycles. The van der Waals surface area contributed by atoms with E-state index >= 15 is 0 Å². The average Bonchev–Trinajstić information content (AvgIpc) is 2.37. The van der Waals surface area contributed by atoms with Gasteiger partial charge in [0.15, 0.2) is 0 Å². The van der Waals surface area contributed by atoms with Crippen molar-refractivity contribution in [3.8, 4) is 0 Å². The second-order valence-corrected chi connectivity index (χ2v) is 3.68. The highest BCUT2D eigenvalue weighted by molar-refractivity contribution is 5.88. The molecule has 0 saturated heterocycles. The van der Waals surface area contributed by atoms with Crippen LogP contribution >= 0.6 is 0 Å². The maximum absolute atomic E-state index is 12.2. The summed E-state index contributed by atoms with van der Waals surface area (Å²) in [5, 5.41) is 0. The van der Waals surface area contributed by atoms with Crippen molar-refractivity contribution in [2.24, 2.45) is 9.98 Å². The van der Waals surface area contributed by atoms with Crippen LogP contribution in [0.15, 0.2) is 21.9 Å². The van der Waals surface area contributed by atoms with Crippen molar-refractivity contribution < 1.29 is 13.2 Å². The summed E-state index contributed by atoms with van der Waals surface area (Å²) in [4.78, 5) is 9.38. The Hall–Kier alpha value is -1.33. The Balaban J connectivity index is 2.89. The molecule has 1 heterocycles. The summed E-state index contributed by atoms with van der Waals surface area (Å²) in [6, 6.07) is -0.144. The van der Waals surface area contributed by atoms with E-state index in [1.165, 1.54) is 6.20 Å². The molecule has 0 aliphatic carbocycles. The minimum Gasteiger partial charge on any atom is -0.334 e. The van der Waals surface area contributed by atoms with Gasteiger partial charge in [0, 0.05) is 13.2 Å². The Labute approximate surface area is 92.4 Å². The SMILES string of the molecule is CC1=NC(C)/C(=C\N=C(/C)C(F)(F)F)N1C. The smallest absolute Gasteiger partial charge is 0.334 e. The topological polar surface area (TPSA) is 28.0 Å². The number of amidine groups is 1. The number of aliphatic imine (C=N–C) groups is 2. The molecule has 1 atom stereocenters. The fourth-order valence-electron chi connectivity index (χ4n) is 1.33. The third-order valence-electron chi connectivity index (χ3n) is 2.48. The number of nitrogens with zero attached hydrogens (tertiary/aromatic N) is 3. The van der Waals surface area contributed by atoms with Crippen LogP contribution < -0.4 is 0 Å². The second-order valence-electron chi connectivity index (χ2n) is 3.68. The summed E-state index contributed by atoms with van der Waals surface area (Å²) in [5.41, 5.74) is -0.189. The number of halogens is 3. The van der Waals surface area contributed by atoms with Gasteiger partial charge in [0.2, 0.25) is 0 Å². The lowest BCUT2D eigenvalue weighted by molar-refractivity contribution is -0.0591. The zero-order valence-corrected chi connectivity index (χ0v) is 9.63. The van der Waals surface area contributed by atoms with Gasteiger partial charge in [-0.1, -0.05) is 0 Å². The standard InChI is InChI=1S/C10H14F3N3/c1-6-9(16(4)8(3)15-6)5-14-7(2)10(11,12)13/h5-6H,1-4H3/b9-5+,14-7+. The van der Waals surface area contributed by atoms with Crippen molar-refractivity contribution in [1.29, 1.82) is 0 Å². The van der Waals surface area contributed by atoms with Gasteiger partial charge in [0.25, 0.3) is 0 Å². The molecule has 0 amide bonds. The molecule has 1 aliphatic heterocycles. The van der Waals surface area contributed by atoms with Crippen molar-refractivity contribution in [2.75, 3.05) is 7.05 Å². The Kier molecular flexibility index (Phi) is 3.40. The third-order valence-corrected chi connectivity index (χ3v) is 2.48. The van der Waals surface area contributed by atoms with Gasteiger partial charge in [-0.2, -0.15) is 13.2 Å². The van der Waals surface area contributed by atoms with Gasteiger partial charge in [0.1, 0.15) is 11.5 Å². The van der Waals surface area contributed by atoms with E-state index in [0.29, 0.717) is 5.70 Å². The quantitative estimate of drug-likeness (QED) is 0.640. The Morgan fingerprint density at radius 3 is 2.44 bits per heavy atom. The molecule has 0 radical (unpaired) electrons. The lowest BCUT2D eigenvalue weighted by atomic mass is 10.2. The highest BCUT2D eigenvalue weighted by atomic mass is 19.4. The van der Waals surface area contributed by atoms with Gasteiger partial charge in [0.05, 0.1) is 11.7 Å². The number of hydrogen-bond acceptors (Lipinski definition) is 3. The number of rotatable bonds is 1. The normalized spacial score (nSPS) is 25.3. The van der Waals surface area contributed by atoms with Gasteiger partial charge in [-0.25, -0.2) is 0 Å². The molecule has 0 aromatic carbocycles. The Morgan fingerprint density at radius 2 is 2.06 bits per heavy atom. The van der Waals surface area contributed by atoms with Crippen LogP contribution in [0.2, 0.25) is 0 Å². The third kappa shape index (κ3) is 2.62. The molecule has 0 aromatic heterocycles. The van der Waals surface area contributed by atoms with Gasteiger partial charge in [-0.3, -0.25) is 9.98 Å². The lowest BCUT2D eigenvalue weighted by Crippen LogP contribution is -2.21. The minimum absolute atomic E-state index is 0.144. The Bertz CT molecular complexity index is 366. The van der Waals surface area contributed by atoms with Crippen LogP contribution in [-0.2, 0) is 0 Å². The molecule has 3 nitrogen and oxygen atoms in total. The highest BCUT2D eigenvalue weighted by Gasteiger charge is 2.31. The van der Waals surface area contributed by atoms with Crippen LogP contribution in [0.5, 0.6) is 0 Å². The van der Waals surface area contributed by atoms with E-state index in [2.05, 4.69) is 9.98 Å². The van der Waals surface area contributed by atoms with Crippen molar-refractivity contribution in [1.82, 2.24) is 4.90 Å².